The molecular formula is C25H19NO3S. The summed E-state index contributed by atoms with van der Waals surface area (Å²) in [4.78, 5) is 29.1. The fourth-order valence-corrected chi connectivity index (χ4v) is 3.67. The Bertz CT molecular complexity index is 1160. The lowest BCUT2D eigenvalue weighted by Gasteiger charge is -2.06. The van der Waals surface area contributed by atoms with Gasteiger partial charge in [-0.2, -0.15) is 0 Å². The van der Waals surface area contributed by atoms with Crippen LogP contribution in [0.15, 0.2) is 84.2 Å². The lowest BCUT2D eigenvalue weighted by atomic mass is 10.0. The summed E-state index contributed by atoms with van der Waals surface area (Å²) in [6, 6.07) is 24.2. The first-order chi connectivity index (χ1) is 14.6. The van der Waals surface area contributed by atoms with Gasteiger partial charge in [-0.15, -0.1) is 11.3 Å². The van der Waals surface area contributed by atoms with Crippen LogP contribution in [0, 0.1) is 6.92 Å². The van der Waals surface area contributed by atoms with Crippen molar-refractivity contribution in [3.8, 4) is 22.4 Å². The van der Waals surface area contributed by atoms with Gasteiger partial charge in [0.25, 0.3) is 0 Å². The maximum absolute atomic E-state index is 12.4. The predicted molar refractivity (Wildman–Crippen MR) is 119 cm³/mol. The molecule has 0 radical (unpaired) electrons. The quantitative estimate of drug-likeness (QED) is 0.295. The number of hydrogen-bond donors (Lipinski definition) is 0. The number of aryl methyl sites for hydroxylation is 1. The first-order valence-electron chi connectivity index (χ1n) is 9.48. The first kappa shape index (κ1) is 19.7. The molecule has 0 fully saturated rings. The van der Waals surface area contributed by atoms with Crippen LogP contribution in [0.25, 0.3) is 22.4 Å². The number of aromatic nitrogens is 1. The van der Waals surface area contributed by atoms with Crippen molar-refractivity contribution in [2.75, 3.05) is 6.61 Å². The maximum atomic E-state index is 12.4. The highest BCUT2D eigenvalue weighted by Gasteiger charge is 2.13. The molecule has 0 aliphatic rings. The highest BCUT2D eigenvalue weighted by molar-refractivity contribution is 7.09. The highest BCUT2D eigenvalue weighted by atomic mass is 32.1. The number of carbonyl (C=O) groups excluding carboxylic acids is 2. The van der Waals surface area contributed by atoms with Crippen molar-refractivity contribution in [3.05, 3.63) is 100 Å². The Morgan fingerprint density at radius 1 is 0.800 bits per heavy atom. The minimum absolute atomic E-state index is 0.238. The Labute approximate surface area is 178 Å². The van der Waals surface area contributed by atoms with Gasteiger partial charge >= 0.3 is 5.97 Å². The van der Waals surface area contributed by atoms with Gasteiger partial charge < -0.3 is 4.74 Å². The number of Topliss-reactive ketones (excluding diaryl/α,β-unsaturated/α-hetero) is 1. The van der Waals surface area contributed by atoms with E-state index in [1.165, 1.54) is 0 Å². The number of benzene rings is 3. The normalized spacial score (nSPS) is 10.6. The number of esters is 1. The van der Waals surface area contributed by atoms with Crippen molar-refractivity contribution in [3.63, 3.8) is 0 Å². The number of carbonyl (C=O) groups is 2. The lowest BCUT2D eigenvalue weighted by molar-refractivity contribution is 0.0475. The standard InChI is InChI=1S/C25H19NO3S/c1-17-26-23(16-30-17)20-9-13-22(14-10-20)25(28)29-15-24(27)21-11-7-19(8-12-21)18-5-3-2-4-6-18/h2-14,16H,15H2,1H3. The smallest absolute Gasteiger partial charge is 0.338 e. The van der Waals surface area contributed by atoms with E-state index in [1.807, 2.05) is 66.9 Å². The molecule has 1 aromatic heterocycles. The molecule has 5 heteroatoms. The van der Waals surface area contributed by atoms with Crippen molar-refractivity contribution in [1.29, 1.82) is 0 Å². The van der Waals surface area contributed by atoms with Crippen LogP contribution in [0.5, 0.6) is 0 Å². The number of thiazole rings is 1. The summed E-state index contributed by atoms with van der Waals surface area (Å²) in [5, 5.41) is 2.97. The van der Waals surface area contributed by atoms with Gasteiger partial charge in [0, 0.05) is 16.5 Å². The van der Waals surface area contributed by atoms with E-state index in [1.54, 1.807) is 35.6 Å². The molecule has 4 nitrogen and oxygen atoms in total. The van der Waals surface area contributed by atoms with Gasteiger partial charge in [-0.05, 0) is 30.2 Å². The maximum Gasteiger partial charge on any atom is 0.338 e. The van der Waals surface area contributed by atoms with Crippen LogP contribution in [0.4, 0.5) is 0 Å². The molecule has 0 aliphatic heterocycles. The third-order valence-corrected chi connectivity index (χ3v) is 5.46. The molecule has 0 N–H and O–H groups in total. The van der Waals surface area contributed by atoms with Crippen molar-refractivity contribution in [2.45, 2.75) is 6.92 Å². The molecule has 4 rings (SSSR count). The molecule has 0 saturated heterocycles. The van der Waals surface area contributed by atoms with E-state index in [0.717, 1.165) is 27.4 Å². The topological polar surface area (TPSA) is 56.3 Å². The average Bonchev–Trinajstić information content (AvgIpc) is 3.24. The Balaban J connectivity index is 1.36. The summed E-state index contributed by atoms with van der Waals surface area (Å²) in [7, 11) is 0. The molecule has 3 aromatic carbocycles. The Morgan fingerprint density at radius 3 is 2.03 bits per heavy atom. The Kier molecular flexibility index (Phi) is 5.82. The van der Waals surface area contributed by atoms with Crippen LogP contribution in [0.1, 0.15) is 25.7 Å². The predicted octanol–water partition coefficient (Wildman–Crippen LogP) is 5.83. The monoisotopic (exact) mass is 413 g/mol. The van der Waals surface area contributed by atoms with Gasteiger partial charge in [-0.3, -0.25) is 4.79 Å². The number of ether oxygens (including phenoxy) is 1. The van der Waals surface area contributed by atoms with Crippen molar-refractivity contribution in [2.24, 2.45) is 0 Å². The van der Waals surface area contributed by atoms with E-state index in [2.05, 4.69) is 4.98 Å². The van der Waals surface area contributed by atoms with Crippen LogP contribution in [-0.2, 0) is 4.74 Å². The van der Waals surface area contributed by atoms with Crippen molar-refractivity contribution < 1.29 is 14.3 Å². The molecule has 148 valence electrons. The minimum atomic E-state index is -0.523. The van der Waals surface area contributed by atoms with Gasteiger partial charge in [0.05, 0.1) is 16.3 Å². The molecule has 0 amide bonds. The second-order valence-electron chi connectivity index (χ2n) is 6.77. The molecular weight excluding hydrogens is 394 g/mol. The van der Waals surface area contributed by atoms with Gasteiger partial charge in [0.1, 0.15) is 0 Å². The van der Waals surface area contributed by atoms with Crippen LogP contribution < -0.4 is 0 Å². The molecule has 0 saturated carbocycles. The Morgan fingerprint density at radius 2 is 1.40 bits per heavy atom. The van der Waals surface area contributed by atoms with Crippen LogP contribution in [0.3, 0.4) is 0 Å². The zero-order valence-electron chi connectivity index (χ0n) is 16.4. The van der Waals surface area contributed by atoms with E-state index in [9.17, 15) is 9.59 Å². The zero-order valence-corrected chi connectivity index (χ0v) is 17.2. The minimum Gasteiger partial charge on any atom is -0.454 e. The van der Waals surface area contributed by atoms with E-state index in [4.69, 9.17) is 4.74 Å². The van der Waals surface area contributed by atoms with Gasteiger partial charge in [-0.25, -0.2) is 9.78 Å². The molecule has 30 heavy (non-hydrogen) atoms. The summed E-state index contributed by atoms with van der Waals surface area (Å²) in [5.41, 5.74) is 4.84. The van der Waals surface area contributed by atoms with Crippen LogP contribution >= 0.6 is 11.3 Å². The fraction of sp³-hybridized carbons (Fsp3) is 0.0800. The average molecular weight is 413 g/mol. The second-order valence-corrected chi connectivity index (χ2v) is 7.83. The van der Waals surface area contributed by atoms with Crippen molar-refractivity contribution in [1.82, 2.24) is 4.98 Å². The van der Waals surface area contributed by atoms with E-state index in [0.29, 0.717) is 11.1 Å². The number of nitrogens with zero attached hydrogens (tertiary/aromatic N) is 1. The molecule has 0 spiro atoms. The molecule has 0 unspecified atom stereocenters. The molecule has 0 bridgehead atoms. The largest absolute Gasteiger partial charge is 0.454 e. The molecule has 0 atom stereocenters. The molecule has 1 heterocycles. The summed E-state index contributed by atoms with van der Waals surface area (Å²) >= 11 is 1.58. The van der Waals surface area contributed by atoms with Gasteiger partial charge in [0.15, 0.2) is 12.4 Å². The van der Waals surface area contributed by atoms with Gasteiger partial charge in [-0.1, -0.05) is 66.7 Å². The van der Waals surface area contributed by atoms with E-state index >= 15 is 0 Å². The van der Waals surface area contributed by atoms with E-state index < -0.39 is 5.97 Å². The van der Waals surface area contributed by atoms with E-state index in [-0.39, 0.29) is 12.4 Å². The second kappa shape index (κ2) is 8.84. The third kappa shape index (κ3) is 4.53. The first-order valence-corrected chi connectivity index (χ1v) is 10.4. The van der Waals surface area contributed by atoms with Crippen LogP contribution in [-0.4, -0.2) is 23.3 Å². The lowest BCUT2D eigenvalue weighted by Crippen LogP contribution is -2.14. The van der Waals surface area contributed by atoms with Gasteiger partial charge in [0.2, 0.25) is 0 Å². The number of hydrogen-bond acceptors (Lipinski definition) is 5. The summed E-state index contributed by atoms with van der Waals surface area (Å²) in [5.74, 6) is -0.761. The third-order valence-electron chi connectivity index (χ3n) is 4.68. The summed E-state index contributed by atoms with van der Waals surface area (Å²) in [6.07, 6.45) is 0. The molecule has 4 aromatic rings. The zero-order chi connectivity index (χ0) is 20.9. The summed E-state index contributed by atoms with van der Waals surface area (Å²) < 4.78 is 5.21. The molecule has 0 aliphatic carbocycles. The van der Waals surface area contributed by atoms with Crippen LogP contribution in [0.2, 0.25) is 0 Å². The fourth-order valence-electron chi connectivity index (χ4n) is 3.05. The highest BCUT2D eigenvalue weighted by Crippen LogP contribution is 2.22. The summed E-state index contributed by atoms with van der Waals surface area (Å²) in [6.45, 7) is 1.66. The number of ketones is 1. The van der Waals surface area contributed by atoms with Crippen molar-refractivity contribution >= 4 is 23.1 Å². The SMILES string of the molecule is Cc1nc(-c2ccc(C(=O)OCC(=O)c3ccc(-c4ccccc4)cc3)cc2)cs1. The Hall–Kier alpha value is -3.57. The number of rotatable bonds is 6.